The molecule has 2 unspecified atom stereocenters. The van der Waals surface area contributed by atoms with E-state index in [2.05, 4.69) is 48.5 Å². The summed E-state index contributed by atoms with van der Waals surface area (Å²) in [5.74, 6) is 1.58. The molecular formula is C28H43BrO4. The molecule has 0 radical (unpaired) electrons. The van der Waals surface area contributed by atoms with Crippen LogP contribution in [-0.4, -0.2) is 41.3 Å². The van der Waals surface area contributed by atoms with Gasteiger partial charge in [0.15, 0.2) is 0 Å². The normalized spacial score (nSPS) is 33.9. The van der Waals surface area contributed by atoms with E-state index in [-0.39, 0.29) is 17.4 Å². The maximum absolute atomic E-state index is 11.7. The number of ether oxygens (including phenoxy) is 2. The van der Waals surface area contributed by atoms with Crippen LogP contribution in [-0.2, 0) is 14.3 Å². The Morgan fingerprint density at radius 2 is 2.06 bits per heavy atom. The molecule has 186 valence electrons. The Morgan fingerprint density at radius 1 is 1.30 bits per heavy atom. The van der Waals surface area contributed by atoms with Gasteiger partial charge in [-0.3, -0.25) is 4.79 Å². The predicted octanol–water partition coefficient (Wildman–Crippen LogP) is 6.53. The number of hydrogen-bond donors (Lipinski definition) is 1. The Morgan fingerprint density at radius 3 is 2.76 bits per heavy atom. The van der Waals surface area contributed by atoms with Gasteiger partial charge in [0.2, 0.25) is 0 Å². The van der Waals surface area contributed by atoms with E-state index in [4.69, 9.17) is 9.47 Å². The van der Waals surface area contributed by atoms with Gasteiger partial charge in [-0.1, -0.05) is 59.7 Å². The molecule has 1 N–H and O–H groups in total. The molecular weight excluding hydrogens is 480 g/mol. The van der Waals surface area contributed by atoms with Crippen molar-refractivity contribution in [2.24, 2.45) is 23.2 Å². The van der Waals surface area contributed by atoms with Crippen LogP contribution in [0.3, 0.4) is 0 Å². The molecule has 0 aromatic carbocycles. The second-order valence-corrected chi connectivity index (χ2v) is 12.0. The van der Waals surface area contributed by atoms with E-state index in [1.807, 2.05) is 0 Å². The Hall–Kier alpha value is -0.910. The van der Waals surface area contributed by atoms with Crippen LogP contribution in [0.5, 0.6) is 0 Å². The number of fused-ring (bicyclic) bond motifs is 1. The van der Waals surface area contributed by atoms with Crippen molar-refractivity contribution in [1.82, 2.24) is 0 Å². The Labute approximate surface area is 209 Å². The van der Waals surface area contributed by atoms with Crippen LogP contribution < -0.4 is 0 Å². The first-order valence-electron chi connectivity index (χ1n) is 12.7. The van der Waals surface area contributed by atoms with Crippen molar-refractivity contribution in [3.05, 3.63) is 35.5 Å². The summed E-state index contributed by atoms with van der Waals surface area (Å²) in [5, 5.41) is 10.2. The highest BCUT2D eigenvalue weighted by atomic mass is 79.9. The number of aliphatic hydroxyl groups is 1. The lowest BCUT2D eigenvalue weighted by Gasteiger charge is -2.44. The summed E-state index contributed by atoms with van der Waals surface area (Å²) in [7, 11) is 0. The van der Waals surface area contributed by atoms with Crippen molar-refractivity contribution < 1.29 is 19.4 Å². The van der Waals surface area contributed by atoms with Crippen molar-refractivity contribution in [3.8, 4) is 0 Å². The summed E-state index contributed by atoms with van der Waals surface area (Å²) in [6.07, 6.45) is 13.3. The molecule has 0 aliphatic heterocycles. The third-order valence-electron chi connectivity index (χ3n) is 8.14. The quantitative estimate of drug-likeness (QED) is 0.291. The maximum atomic E-state index is 11.7. The molecule has 3 saturated carbocycles. The van der Waals surface area contributed by atoms with E-state index in [1.54, 1.807) is 19.4 Å². The highest BCUT2D eigenvalue weighted by Crippen LogP contribution is 2.59. The van der Waals surface area contributed by atoms with E-state index in [1.165, 1.54) is 43.3 Å². The van der Waals surface area contributed by atoms with Gasteiger partial charge >= 0.3 is 5.97 Å². The van der Waals surface area contributed by atoms with Crippen LogP contribution in [0.15, 0.2) is 35.5 Å². The van der Waals surface area contributed by atoms with Crippen LogP contribution in [0.25, 0.3) is 0 Å². The molecule has 4 nitrogen and oxygen atoms in total. The highest BCUT2D eigenvalue weighted by molar-refractivity contribution is 9.09. The summed E-state index contributed by atoms with van der Waals surface area (Å²) in [4.78, 5) is 11.7. The van der Waals surface area contributed by atoms with Gasteiger partial charge in [0.25, 0.3) is 0 Å². The summed E-state index contributed by atoms with van der Waals surface area (Å²) in [6, 6.07) is 0. The number of allylic oxidation sites excluding steroid dienone is 4. The summed E-state index contributed by atoms with van der Waals surface area (Å²) in [6.45, 7) is 13.8. The lowest BCUT2D eigenvalue weighted by Crippen LogP contribution is -2.37. The molecule has 5 atom stereocenters. The van der Waals surface area contributed by atoms with Crippen molar-refractivity contribution in [3.63, 3.8) is 0 Å². The smallest absolute Gasteiger partial charge is 0.316 e. The minimum atomic E-state index is -0.773. The third-order valence-corrected chi connectivity index (χ3v) is 8.59. The number of alkyl halides is 1. The molecule has 3 aliphatic rings. The van der Waals surface area contributed by atoms with Gasteiger partial charge in [-0.15, -0.1) is 0 Å². The fourth-order valence-corrected chi connectivity index (χ4v) is 6.66. The first-order valence-corrected chi connectivity index (χ1v) is 13.8. The molecule has 0 saturated heterocycles. The van der Waals surface area contributed by atoms with Crippen LogP contribution >= 0.6 is 15.9 Å². The average molecular weight is 524 g/mol. The van der Waals surface area contributed by atoms with Gasteiger partial charge in [-0.05, 0) is 87.5 Å². The first-order chi connectivity index (χ1) is 15.5. The highest BCUT2D eigenvalue weighted by Gasteiger charge is 2.50. The van der Waals surface area contributed by atoms with Crippen LogP contribution in [0.1, 0.15) is 79.1 Å². The number of carbonyl (C=O) groups excluding carboxylic acids is 1. The Kier molecular flexibility index (Phi) is 9.07. The van der Waals surface area contributed by atoms with E-state index < -0.39 is 5.60 Å². The van der Waals surface area contributed by atoms with Gasteiger partial charge in [0.1, 0.15) is 11.4 Å². The first kappa shape index (κ1) is 26.7. The lowest BCUT2D eigenvalue weighted by molar-refractivity contribution is -0.146. The standard InChI is InChI=1S/C28H43BrO4/c1-19-8-11-23(33-26(30)16-29)15-22(19)10-9-21-7-6-14-28(5)24(12-13-25(21)28)20(2)17-32-18-27(3,4)31/h9-10,20,23-25,31H,1,6-8,11-18H2,2-5H3/b21-9+,22-10-/t20-,23-,24+,25?,28?/m0/s1. The number of hydrogen-bond acceptors (Lipinski definition) is 4. The molecule has 3 rings (SSSR count). The van der Waals surface area contributed by atoms with E-state index in [0.29, 0.717) is 36.4 Å². The van der Waals surface area contributed by atoms with Gasteiger partial charge in [0.05, 0.1) is 12.2 Å². The van der Waals surface area contributed by atoms with Crippen LogP contribution in [0.4, 0.5) is 0 Å². The summed E-state index contributed by atoms with van der Waals surface area (Å²) in [5.41, 5.74) is 3.54. The second-order valence-electron chi connectivity index (χ2n) is 11.4. The topological polar surface area (TPSA) is 55.8 Å². The summed E-state index contributed by atoms with van der Waals surface area (Å²) >= 11 is 3.18. The molecule has 3 fully saturated rings. The minimum absolute atomic E-state index is 0.0394. The zero-order valence-corrected chi connectivity index (χ0v) is 22.6. The molecule has 0 heterocycles. The average Bonchev–Trinajstić information content (AvgIpc) is 3.10. The molecule has 33 heavy (non-hydrogen) atoms. The summed E-state index contributed by atoms with van der Waals surface area (Å²) < 4.78 is 11.5. The van der Waals surface area contributed by atoms with Gasteiger partial charge in [-0.2, -0.15) is 0 Å². The van der Waals surface area contributed by atoms with Crippen molar-refractivity contribution in [1.29, 1.82) is 0 Å². The molecule has 0 bridgehead atoms. The monoisotopic (exact) mass is 522 g/mol. The largest absolute Gasteiger partial charge is 0.461 e. The Balaban J connectivity index is 1.67. The minimum Gasteiger partial charge on any atom is -0.461 e. The van der Waals surface area contributed by atoms with Crippen molar-refractivity contribution >= 4 is 21.9 Å². The molecule has 0 spiro atoms. The van der Waals surface area contributed by atoms with Gasteiger partial charge < -0.3 is 14.6 Å². The maximum Gasteiger partial charge on any atom is 0.316 e. The molecule has 0 amide bonds. The number of halogens is 1. The van der Waals surface area contributed by atoms with Crippen LogP contribution in [0, 0.1) is 23.2 Å². The van der Waals surface area contributed by atoms with E-state index in [0.717, 1.165) is 19.3 Å². The van der Waals surface area contributed by atoms with E-state index in [9.17, 15) is 9.90 Å². The molecule has 3 aliphatic carbocycles. The number of carbonyl (C=O) groups is 1. The van der Waals surface area contributed by atoms with Crippen molar-refractivity contribution in [2.75, 3.05) is 18.5 Å². The van der Waals surface area contributed by atoms with Gasteiger partial charge in [-0.25, -0.2) is 0 Å². The van der Waals surface area contributed by atoms with Gasteiger partial charge in [0, 0.05) is 13.0 Å². The Bertz CT molecular complexity index is 777. The molecule has 0 aromatic heterocycles. The third kappa shape index (κ3) is 6.82. The fourth-order valence-electron chi connectivity index (χ4n) is 6.52. The second kappa shape index (κ2) is 11.2. The van der Waals surface area contributed by atoms with Crippen LogP contribution in [0.2, 0.25) is 0 Å². The SMILES string of the molecule is C=C1CC[C@H](OC(=O)CBr)C/C1=C/C=C1\CCCC2(C)C1CC[C@@H]2[C@@H](C)COCC(C)(C)O. The zero-order valence-electron chi connectivity index (χ0n) is 21.0. The predicted molar refractivity (Wildman–Crippen MR) is 137 cm³/mol. The van der Waals surface area contributed by atoms with Crippen molar-refractivity contribution in [2.45, 2.75) is 90.8 Å². The van der Waals surface area contributed by atoms with E-state index >= 15 is 0 Å². The molecule has 0 aromatic rings. The number of rotatable bonds is 8. The number of esters is 1. The lowest BCUT2D eigenvalue weighted by atomic mass is 9.61. The zero-order chi connectivity index (χ0) is 24.2. The fraction of sp³-hybridized carbons (Fsp3) is 0.750. The molecule has 5 heteroatoms.